The fraction of sp³-hybridized carbons (Fsp3) is 0.200. The smallest absolute Gasteiger partial charge is 0.336 e. The summed E-state index contributed by atoms with van der Waals surface area (Å²) < 4.78 is 0. The number of hydrogen-bond acceptors (Lipinski definition) is 6. The van der Waals surface area contributed by atoms with Crippen LogP contribution in [0.3, 0.4) is 0 Å². The molecule has 0 aromatic heterocycles. The number of carbonyl (C=O) groups is 1. The number of carboxylic acids is 1. The lowest BCUT2D eigenvalue weighted by Gasteiger charge is -2.14. The molecule has 0 saturated heterocycles. The largest absolute Gasteiger partial charge is 0.478 e. The summed E-state index contributed by atoms with van der Waals surface area (Å²) in [5.74, 6) is -1.50. The van der Waals surface area contributed by atoms with E-state index in [4.69, 9.17) is 15.5 Å². The van der Waals surface area contributed by atoms with Crippen LogP contribution in [0.4, 0.5) is 5.69 Å². The van der Waals surface area contributed by atoms with Crippen LogP contribution in [0.2, 0.25) is 0 Å². The van der Waals surface area contributed by atoms with Gasteiger partial charge in [-0.2, -0.15) is 5.26 Å². The van der Waals surface area contributed by atoms with Crippen LogP contribution in [-0.2, 0) is 0 Å². The summed E-state index contributed by atoms with van der Waals surface area (Å²) in [6.45, 7) is 0. The average Bonchev–Trinajstić information content (AvgIpc) is 2.35. The molecule has 8 heteroatoms. The van der Waals surface area contributed by atoms with Gasteiger partial charge in [0, 0.05) is 12.1 Å². The predicted molar refractivity (Wildman–Crippen MR) is 56.6 cm³/mol. The minimum absolute atomic E-state index is 0.262. The van der Waals surface area contributed by atoms with Gasteiger partial charge in [0.15, 0.2) is 6.10 Å². The van der Waals surface area contributed by atoms with E-state index in [0.29, 0.717) is 0 Å². The van der Waals surface area contributed by atoms with Crippen molar-refractivity contribution in [2.24, 2.45) is 0 Å². The van der Waals surface area contributed by atoms with Gasteiger partial charge in [0.25, 0.3) is 5.69 Å². The van der Waals surface area contributed by atoms with Gasteiger partial charge in [-0.3, -0.25) is 10.1 Å². The number of aromatic carboxylic acids is 1. The average molecular weight is 252 g/mol. The van der Waals surface area contributed by atoms with E-state index in [2.05, 4.69) is 0 Å². The van der Waals surface area contributed by atoms with Gasteiger partial charge >= 0.3 is 5.97 Å². The number of nitro benzene ring substituents is 1. The van der Waals surface area contributed by atoms with Crippen LogP contribution in [0.5, 0.6) is 0 Å². The molecule has 0 saturated carbocycles. The number of aliphatic hydroxyl groups excluding tert-OH is 2. The van der Waals surface area contributed by atoms with Crippen molar-refractivity contribution in [2.75, 3.05) is 0 Å². The van der Waals surface area contributed by atoms with Gasteiger partial charge in [-0.1, -0.05) is 0 Å². The lowest BCUT2D eigenvalue weighted by atomic mass is 9.98. The van der Waals surface area contributed by atoms with Crippen molar-refractivity contribution in [1.29, 1.82) is 5.26 Å². The summed E-state index contributed by atoms with van der Waals surface area (Å²) in [4.78, 5) is 20.6. The Morgan fingerprint density at radius 3 is 2.50 bits per heavy atom. The molecule has 3 N–H and O–H groups in total. The molecule has 1 aromatic carbocycles. The molecule has 0 fully saturated rings. The van der Waals surface area contributed by atoms with Crippen LogP contribution in [-0.4, -0.2) is 32.3 Å². The summed E-state index contributed by atoms with van der Waals surface area (Å²) >= 11 is 0. The molecule has 0 aliphatic carbocycles. The molecule has 0 bridgehead atoms. The lowest BCUT2D eigenvalue weighted by Crippen LogP contribution is -2.19. The number of benzene rings is 1. The highest BCUT2D eigenvalue weighted by Crippen LogP contribution is 2.25. The number of rotatable bonds is 4. The van der Waals surface area contributed by atoms with Crippen LogP contribution in [0.1, 0.15) is 22.0 Å². The van der Waals surface area contributed by atoms with Crippen molar-refractivity contribution in [3.8, 4) is 6.07 Å². The summed E-state index contributed by atoms with van der Waals surface area (Å²) in [7, 11) is 0. The van der Waals surface area contributed by atoms with E-state index in [1.165, 1.54) is 6.07 Å². The topological polar surface area (TPSA) is 145 Å². The Balaban J connectivity index is 3.33. The Bertz CT molecular complexity index is 536. The molecule has 0 aliphatic rings. The maximum absolute atomic E-state index is 10.9. The minimum Gasteiger partial charge on any atom is -0.478 e. The second-order valence-electron chi connectivity index (χ2n) is 3.35. The first-order chi connectivity index (χ1) is 8.38. The maximum atomic E-state index is 10.9. The number of nitrogens with zero attached hydrogens (tertiary/aromatic N) is 2. The van der Waals surface area contributed by atoms with Crippen LogP contribution >= 0.6 is 0 Å². The number of carboxylic acid groups (broad SMARTS) is 1. The van der Waals surface area contributed by atoms with Gasteiger partial charge in [0.1, 0.15) is 6.10 Å². The van der Waals surface area contributed by atoms with Crippen LogP contribution in [0.25, 0.3) is 0 Å². The van der Waals surface area contributed by atoms with Crippen LogP contribution < -0.4 is 0 Å². The Hall–Kier alpha value is -2.50. The number of hydrogen-bond donors (Lipinski definition) is 3. The van der Waals surface area contributed by atoms with E-state index < -0.39 is 34.4 Å². The fourth-order valence-corrected chi connectivity index (χ4v) is 1.34. The van der Waals surface area contributed by atoms with E-state index in [1.54, 1.807) is 0 Å². The molecule has 1 aromatic rings. The normalized spacial score (nSPS) is 13.4. The highest BCUT2D eigenvalue weighted by atomic mass is 16.6. The lowest BCUT2D eigenvalue weighted by molar-refractivity contribution is -0.384. The third-order valence-corrected chi connectivity index (χ3v) is 2.23. The van der Waals surface area contributed by atoms with E-state index in [1.807, 2.05) is 0 Å². The van der Waals surface area contributed by atoms with Gasteiger partial charge in [0.2, 0.25) is 0 Å². The second-order valence-corrected chi connectivity index (χ2v) is 3.35. The number of nitro groups is 1. The number of aliphatic hydroxyl groups is 2. The molecule has 2 atom stereocenters. The molecule has 0 spiro atoms. The number of non-ortho nitro benzene ring substituents is 1. The van der Waals surface area contributed by atoms with E-state index in [-0.39, 0.29) is 5.56 Å². The summed E-state index contributed by atoms with van der Waals surface area (Å²) in [6, 6.07) is 4.07. The fourth-order valence-electron chi connectivity index (χ4n) is 1.34. The molecule has 0 radical (unpaired) electrons. The first kappa shape index (κ1) is 13.6. The zero-order chi connectivity index (χ0) is 13.9. The molecular formula is C10H8N2O6. The first-order valence-electron chi connectivity index (χ1n) is 4.66. The predicted octanol–water partition coefficient (Wildman–Crippen LogP) is 0.211. The Morgan fingerprint density at radius 2 is 2.06 bits per heavy atom. The zero-order valence-corrected chi connectivity index (χ0v) is 8.85. The summed E-state index contributed by atoms with van der Waals surface area (Å²) in [5, 5.41) is 46.5. The number of nitriles is 1. The van der Waals surface area contributed by atoms with Gasteiger partial charge in [-0.25, -0.2) is 4.79 Å². The molecule has 94 valence electrons. The first-order valence-corrected chi connectivity index (χ1v) is 4.66. The van der Waals surface area contributed by atoms with Crippen molar-refractivity contribution in [1.82, 2.24) is 0 Å². The Morgan fingerprint density at radius 1 is 1.44 bits per heavy atom. The zero-order valence-electron chi connectivity index (χ0n) is 8.85. The molecule has 0 heterocycles. The third-order valence-electron chi connectivity index (χ3n) is 2.23. The Labute approximate surface area is 100 Å². The van der Waals surface area contributed by atoms with E-state index >= 15 is 0 Å². The molecule has 0 amide bonds. The highest BCUT2D eigenvalue weighted by molar-refractivity contribution is 5.90. The molecule has 1 rings (SSSR count). The van der Waals surface area contributed by atoms with Gasteiger partial charge in [-0.05, 0) is 11.6 Å². The van der Waals surface area contributed by atoms with Gasteiger partial charge < -0.3 is 15.3 Å². The molecule has 0 aliphatic heterocycles. The van der Waals surface area contributed by atoms with Crippen molar-refractivity contribution in [3.63, 3.8) is 0 Å². The monoisotopic (exact) mass is 252 g/mol. The molecule has 8 nitrogen and oxygen atoms in total. The van der Waals surface area contributed by atoms with Crippen LogP contribution in [0.15, 0.2) is 18.2 Å². The van der Waals surface area contributed by atoms with Gasteiger partial charge in [0.05, 0.1) is 16.6 Å². The molecular weight excluding hydrogens is 244 g/mol. The molecule has 2 unspecified atom stereocenters. The quantitative estimate of drug-likeness (QED) is 0.394. The maximum Gasteiger partial charge on any atom is 0.336 e. The molecule has 18 heavy (non-hydrogen) atoms. The minimum atomic E-state index is -1.82. The highest BCUT2D eigenvalue weighted by Gasteiger charge is 2.25. The van der Waals surface area contributed by atoms with E-state index in [0.717, 1.165) is 18.2 Å². The van der Waals surface area contributed by atoms with Crippen molar-refractivity contribution in [2.45, 2.75) is 12.2 Å². The Kier molecular flexibility index (Phi) is 3.93. The standard InChI is InChI=1S/C10H8N2O6/c11-4-8(13)9(14)6-2-1-5(12(17)18)3-7(6)10(15)16/h1-3,8-9,13-14H,(H,15,16). The van der Waals surface area contributed by atoms with Crippen LogP contribution in [0, 0.1) is 21.4 Å². The summed E-state index contributed by atoms with van der Waals surface area (Å²) in [5.41, 5.74) is -1.26. The van der Waals surface area contributed by atoms with Crippen molar-refractivity contribution >= 4 is 11.7 Å². The van der Waals surface area contributed by atoms with Crippen molar-refractivity contribution < 1.29 is 25.0 Å². The van der Waals surface area contributed by atoms with E-state index in [9.17, 15) is 20.0 Å². The third kappa shape index (κ3) is 2.60. The SMILES string of the molecule is N#CC(O)C(O)c1ccc([N+](=O)[O-])cc1C(=O)O. The van der Waals surface area contributed by atoms with Gasteiger partial charge in [-0.15, -0.1) is 0 Å². The van der Waals surface area contributed by atoms with Crippen molar-refractivity contribution in [3.05, 3.63) is 39.4 Å². The second kappa shape index (κ2) is 5.22. The summed E-state index contributed by atoms with van der Waals surface area (Å²) in [6.07, 6.45) is -3.56.